The van der Waals surface area contributed by atoms with E-state index in [-0.39, 0.29) is 17.8 Å². The summed E-state index contributed by atoms with van der Waals surface area (Å²) in [6.45, 7) is 2.27. The van der Waals surface area contributed by atoms with Gasteiger partial charge in [-0.25, -0.2) is 9.78 Å². The van der Waals surface area contributed by atoms with Gasteiger partial charge in [0.2, 0.25) is 0 Å². The Kier molecular flexibility index (Phi) is 5.93. The van der Waals surface area contributed by atoms with E-state index in [1.54, 1.807) is 22.8 Å². The molecule has 3 rings (SSSR count). The van der Waals surface area contributed by atoms with Crippen LogP contribution in [0.5, 0.6) is 0 Å². The van der Waals surface area contributed by atoms with Crippen molar-refractivity contribution in [1.82, 2.24) is 9.55 Å². The second-order valence-corrected chi connectivity index (χ2v) is 7.21. The zero-order valence-electron chi connectivity index (χ0n) is 14.7. The largest absolute Gasteiger partial charge is 0.477 e. The van der Waals surface area contributed by atoms with E-state index >= 15 is 0 Å². The zero-order chi connectivity index (χ0) is 19.6. The molecule has 4 nitrogen and oxygen atoms in total. The normalized spacial score (nSPS) is 14.3. The van der Waals surface area contributed by atoms with Gasteiger partial charge in [-0.15, -0.1) is 0 Å². The van der Waals surface area contributed by atoms with E-state index in [1.165, 1.54) is 5.57 Å². The zero-order valence-corrected chi connectivity index (χ0v) is 16.3. The minimum atomic E-state index is -1.14. The summed E-state index contributed by atoms with van der Waals surface area (Å²) in [6.07, 6.45) is 9.67. The Labute approximate surface area is 169 Å². The molecule has 1 aromatic carbocycles. The van der Waals surface area contributed by atoms with Gasteiger partial charge in [0.05, 0.1) is 6.54 Å². The highest BCUT2D eigenvalue weighted by molar-refractivity contribution is 6.34. The molecular weight excluding hydrogens is 382 g/mol. The Balaban J connectivity index is 2.13. The number of aromatic nitrogens is 2. The van der Waals surface area contributed by atoms with E-state index < -0.39 is 5.97 Å². The number of carboxylic acids is 1. The van der Waals surface area contributed by atoms with Gasteiger partial charge in [-0.05, 0) is 43.5 Å². The van der Waals surface area contributed by atoms with Gasteiger partial charge in [0, 0.05) is 21.2 Å². The molecule has 0 spiro atoms. The molecule has 2 aromatic rings. The number of halogens is 2. The first-order valence-corrected chi connectivity index (χ1v) is 9.20. The Morgan fingerprint density at radius 3 is 2.89 bits per heavy atom. The van der Waals surface area contributed by atoms with Crippen molar-refractivity contribution in [3.63, 3.8) is 0 Å². The maximum atomic E-state index is 11.8. The highest BCUT2D eigenvalue weighted by Crippen LogP contribution is 2.25. The monoisotopic (exact) mass is 398 g/mol. The maximum absolute atomic E-state index is 11.8. The van der Waals surface area contributed by atoms with Gasteiger partial charge >= 0.3 is 5.97 Å². The minimum Gasteiger partial charge on any atom is -0.477 e. The first-order chi connectivity index (χ1) is 12.9. The van der Waals surface area contributed by atoms with E-state index in [0.717, 1.165) is 18.4 Å². The summed E-state index contributed by atoms with van der Waals surface area (Å²) in [5.74, 6) is -0.652. The third kappa shape index (κ3) is 4.37. The van der Waals surface area contributed by atoms with E-state index in [1.807, 2.05) is 24.3 Å². The van der Waals surface area contributed by atoms with Crippen molar-refractivity contribution in [2.45, 2.75) is 26.3 Å². The first kappa shape index (κ1) is 19.5. The molecule has 0 bridgehead atoms. The molecule has 1 N–H and O–H groups in total. The number of carbonyl (C=O) groups is 1. The van der Waals surface area contributed by atoms with Crippen LogP contribution in [0.25, 0.3) is 5.57 Å². The standard InChI is InChI=1S/C20H17BCl2N2O2/c1-12-4-2-6-13(7-3-5-12)19-24-18(21)17(20(26)27)25(19)11-14-10-15(22)8-9-16(14)23/h2,4,6-10H,3,5,11H2,1H3,(H,26,27). The molecule has 7 heteroatoms. The van der Waals surface area contributed by atoms with Crippen molar-refractivity contribution in [3.05, 3.63) is 75.2 Å². The number of allylic oxidation sites excluding steroid dienone is 6. The van der Waals surface area contributed by atoms with Crippen molar-refractivity contribution >= 4 is 48.2 Å². The summed E-state index contributed by atoms with van der Waals surface area (Å²) in [5.41, 5.74) is 2.69. The van der Waals surface area contributed by atoms with Crippen LogP contribution in [0.3, 0.4) is 0 Å². The SMILES string of the molecule is [B]c1nc(C2=CCCC(C)=CC=C2)n(Cc2cc(Cl)ccc2Cl)c1C(=O)O. The van der Waals surface area contributed by atoms with Crippen LogP contribution in [0.15, 0.2) is 48.1 Å². The quantitative estimate of drug-likeness (QED) is 0.776. The Morgan fingerprint density at radius 2 is 2.15 bits per heavy atom. The van der Waals surface area contributed by atoms with E-state index in [9.17, 15) is 9.90 Å². The predicted molar refractivity (Wildman–Crippen MR) is 110 cm³/mol. The second-order valence-electron chi connectivity index (χ2n) is 6.37. The van der Waals surface area contributed by atoms with Crippen LogP contribution < -0.4 is 5.59 Å². The number of carboxylic acid groups (broad SMARTS) is 1. The number of hydrogen-bond donors (Lipinski definition) is 1. The molecule has 1 aliphatic rings. The highest BCUT2D eigenvalue weighted by atomic mass is 35.5. The van der Waals surface area contributed by atoms with Crippen molar-refractivity contribution in [2.24, 2.45) is 0 Å². The Bertz CT molecular complexity index is 990. The van der Waals surface area contributed by atoms with Crippen LogP contribution in [0.1, 0.15) is 41.6 Å². The predicted octanol–water partition coefficient (Wildman–Crippen LogP) is 4.41. The summed E-state index contributed by atoms with van der Waals surface area (Å²) >= 11 is 12.4. The summed E-state index contributed by atoms with van der Waals surface area (Å²) < 4.78 is 1.57. The first-order valence-electron chi connectivity index (χ1n) is 8.44. The van der Waals surface area contributed by atoms with Gasteiger partial charge in [-0.1, -0.05) is 53.1 Å². The topological polar surface area (TPSA) is 55.1 Å². The van der Waals surface area contributed by atoms with Crippen molar-refractivity contribution in [3.8, 4) is 0 Å². The molecule has 136 valence electrons. The fourth-order valence-corrected chi connectivity index (χ4v) is 3.37. The van der Waals surface area contributed by atoms with Crippen LogP contribution in [0.2, 0.25) is 10.0 Å². The number of nitrogens with zero attached hydrogens (tertiary/aromatic N) is 2. The number of benzene rings is 1. The molecule has 0 saturated heterocycles. The lowest BCUT2D eigenvalue weighted by atomic mass is 10.0. The summed E-state index contributed by atoms with van der Waals surface area (Å²) in [6, 6.07) is 5.08. The van der Waals surface area contributed by atoms with Crippen molar-refractivity contribution in [2.75, 3.05) is 0 Å². The minimum absolute atomic E-state index is 0.0290. The van der Waals surface area contributed by atoms with E-state index in [0.29, 0.717) is 21.4 Å². The van der Waals surface area contributed by atoms with Crippen LogP contribution >= 0.6 is 23.2 Å². The molecule has 0 unspecified atom stereocenters. The molecule has 0 amide bonds. The number of rotatable bonds is 4. The number of hydrogen-bond acceptors (Lipinski definition) is 2. The summed E-state index contributed by atoms with van der Waals surface area (Å²) in [4.78, 5) is 16.1. The molecule has 2 radical (unpaired) electrons. The number of imidazole rings is 1. The fraction of sp³-hybridized carbons (Fsp3) is 0.200. The molecule has 27 heavy (non-hydrogen) atoms. The Morgan fingerprint density at radius 1 is 1.37 bits per heavy atom. The lowest BCUT2D eigenvalue weighted by Gasteiger charge is -2.13. The van der Waals surface area contributed by atoms with Crippen molar-refractivity contribution < 1.29 is 9.90 Å². The lowest BCUT2D eigenvalue weighted by molar-refractivity contribution is 0.0687. The average Bonchev–Trinajstić information content (AvgIpc) is 2.90. The third-order valence-corrected chi connectivity index (χ3v) is 4.95. The lowest BCUT2D eigenvalue weighted by Crippen LogP contribution is -2.19. The fourth-order valence-electron chi connectivity index (χ4n) is 2.99. The van der Waals surface area contributed by atoms with Gasteiger partial charge in [0.15, 0.2) is 0 Å². The van der Waals surface area contributed by atoms with Gasteiger partial charge in [-0.3, -0.25) is 0 Å². The second kappa shape index (κ2) is 8.20. The molecule has 1 heterocycles. The molecule has 0 aliphatic heterocycles. The third-order valence-electron chi connectivity index (χ3n) is 4.35. The molecular formula is C20H17BCl2N2O2. The van der Waals surface area contributed by atoms with Gasteiger partial charge in [0.25, 0.3) is 0 Å². The highest BCUT2D eigenvalue weighted by Gasteiger charge is 2.22. The van der Waals surface area contributed by atoms with E-state index in [4.69, 9.17) is 31.0 Å². The van der Waals surface area contributed by atoms with Crippen LogP contribution in [-0.2, 0) is 6.54 Å². The smallest absolute Gasteiger partial charge is 0.353 e. The van der Waals surface area contributed by atoms with Crippen LogP contribution in [-0.4, -0.2) is 28.5 Å². The van der Waals surface area contributed by atoms with Crippen LogP contribution in [0.4, 0.5) is 0 Å². The molecule has 0 saturated carbocycles. The van der Waals surface area contributed by atoms with Gasteiger partial charge in [0.1, 0.15) is 19.4 Å². The van der Waals surface area contributed by atoms with Crippen LogP contribution in [0, 0.1) is 0 Å². The number of aromatic carboxylic acids is 1. The van der Waals surface area contributed by atoms with E-state index in [2.05, 4.69) is 11.9 Å². The molecule has 1 aromatic heterocycles. The molecule has 1 aliphatic carbocycles. The summed E-state index contributed by atoms with van der Waals surface area (Å²) in [5, 5.41) is 10.7. The molecule has 0 atom stereocenters. The van der Waals surface area contributed by atoms with Gasteiger partial charge < -0.3 is 9.67 Å². The maximum Gasteiger partial charge on any atom is 0.353 e. The average molecular weight is 399 g/mol. The van der Waals surface area contributed by atoms with Crippen molar-refractivity contribution in [1.29, 1.82) is 0 Å². The van der Waals surface area contributed by atoms with Gasteiger partial charge in [-0.2, -0.15) is 0 Å². The Hall–Kier alpha value is -2.24. The summed E-state index contributed by atoms with van der Waals surface area (Å²) in [7, 11) is 5.93. The molecule has 0 fully saturated rings.